The number of thioether (sulfide) groups is 1. The Bertz CT molecular complexity index is 672. The second kappa shape index (κ2) is 8.58. The Morgan fingerprint density at radius 1 is 1.23 bits per heavy atom. The second-order valence-corrected chi connectivity index (χ2v) is 7.80. The first-order valence-electron chi connectivity index (χ1n) is 9.25. The Kier molecular flexibility index (Phi) is 6.19. The monoisotopic (exact) mass is 374 g/mol. The molecule has 1 fully saturated rings. The SMILES string of the molecule is CCNC(=NCCN1C(=O)c2ccccc2C1=O)N1CCSC(CC)C1. The fourth-order valence-corrected chi connectivity index (χ4v) is 4.46. The van der Waals surface area contributed by atoms with Crippen molar-refractivity contribution in [2.45, 2.75) is 25.5 Å². The number of benzene rings is 1. The molecule has 3 rings (SSSR count). The first-order valence-corrected chi connectivity index (χ1v) is 10.3. The number of carbonyl (C=O) groups is 2. The van der Waals surface area contributed by atoms with Gasteiger partial charge < -0.3 is 10.2 Å². The van der Waals surface area contributed by atoms with Gasteiger partial charge in [-0.25, -0.2) is 0 Å². The highest BCUT2D eigenvalue weighted by Gasteiger charge is 2.34. The van der Waals surface area contributed by atoms with Crippen molar-refractivity contribution in [2.24, 2.45) is 4.99 Å². The highest BCUT2D eigenvalue weighted by molar-refractivity contribution is 8.00. The first kappa shape index (κ1) is 18.8. The standard InChI is InChI=1S/C19H26N4O2S/c1-3-14-13-22(11-12-26-14)19(20-4-2)21-9-10-23-17(24)15-7-5-6-8-16(15)18(23)25/h5-8,14H,3-4,9-13H2,1-2H3,(H,20,21). The molecule has 1 aromatic carbocycles. The number of imide groups is 1. The molecule has 2 aliphatic rings. The summed E-state index contributed by atoms with van der Waals surface area (Å²) in [5.74, 6) is 1.54. The fourth-order valence-electron chi connectivity index (χ4n) is 3.28. The largest absolute Gasteiger partial charge is 0.357 e. The number of guanidine groups is 1. The zero-order chi connectivity index (χ0) is 18.5. The Balaban J connectivity index is 1.64. The van der Waals surface area contributed by atoms with E-state index in [-0.39, 0.29) is 11.8 Å². The molecule has 6 nitrogen and oxygen atoms in total. The van der Waals surface area contributed by atoms with Crippen LogP contribution in [0.15, 0.2) is 29.3 Å². The molecule has 2 heterocycles. The third kappa shape index (κ3) is 3.87. The van der Waals surface area contributed by atoms with Crippen LogP contribution in [0.4, 0.5) is 0 Å². The van der Waals surface area contributed by atoms with E-state index in [9.17, 15) is 9.59 Å². The number of nitrogens with zero attached hydrogens (tertiary/aromatic N) is 3. The Morgan fingerprint density at radius 2 is 1.92 bits per heavy atom. The summed E-state index contributed by atoms with van der Waals surface area (Å²) in [7, 11) is 0. The third-order valence-corrected chi connectivity index (χ3v) is 6.06. The van der Waals surface area contributed by atoms with Crippen molar-refractivity contribution in [3.63, 3.8) is 0 Å². The minimum absolute atomic E-state index is 0.216. The molecule has 0 bridgehead atoms. The van der Waals surface area contributed by atoms with Gasteiger partial charge in [0.25, 0.3) is 11.8 Å². The van der Waals surface area contributed by atoms with E-state index >= 15 is 0 Å². The maximum atomic E-state index is 12.4. The van der Waals surface area contributed by atoms with E-state index in [0.717, 1.165) is 37.8 Å². The molecule has 1 saturated heterocycles. The van der Waals surface area contributed by atoms with Crippen molar-refractivity contribution in [3.8, 4) is 0 Å². The van der Waals surface area contributed by atoms with Crippen molar-refractivity contribution in [1.29, 1.82) is 0 Å². The van der Waals surface area contributed by atoms with Crippen LogP contribution in [0.2, 0.25) is 0 Å². The number of carbonyl (C=O) groups excluding carboxylic acids is 2. The quantitative estimate of drug-likeness (QED) is 0.486. The molecular formula is C19H26N4O2S. The Labute approximate surface area is 159 Å². The van der Waals surface area contributed by atoms with E-state index in [1.807, 2.05) is 11.8 Å². The Hall–Kier alpha value is -2.02. The van der Waals surface area contributed by atoms with Gasteiger partial charge in [-0.2, -0.15) is 11.8 Å². The molecule has 26 heavy (non-hydrogen) atoms. The molecule has 2 amide bonds. The van der Waals surface area contributed by atoms with Crippen LogP contribution in [0.3, 0.4) is 0 Å². The highest BCUT2D eigenvalue weighted by atomic mass is 32.2. The molecule has 0 spiro atoms. The molecule has 0 aromatic heterocycles. The minimum atomic E-state index is -0.216. The summed E-state index contributed by atoms with van der Waals surface area (Å²) >= 11 is 2.02. The predicted molar refractivity (Wildman–Crippen MR) is 106 cm³/mol. The lowest BCUT2D eigenvalue weighted by molar-refractivity contribution is 0.0659. The molecule has 140 valence electrons. The number of rotatable bonds is 5. The minimum Gasteiger partial charge on any atom is -0.357 e. The van der Waals surface area contributed by atoms with E-state index in [1.165, 1.54) is 4.90 Å². The molecule has 1 N–H and O–H groups in total. The number of fused-ring (bicyclic) bond motifs is 1. The first-order chi connectivity index (χ1) is 12.7. The lowest BCUT2D eigenvalue weighted by Gasteiger charge is -2.34. The number of aliphatic imine (C=N–C) groups is 1. The van der Waals surface area contributed by atoms with Gasteiger partial charge in [0.05, 0.1) is 17.7 Å². The van der Waals surface area contributed by atoms with Crippen LogP contribution in [-0.4, -0.2) is 71.3 Å². The summed E-state index contributed by atoms with van der Waals surface area (Å²) in [6.45, 7) is 7.74. The van der Waals surface area contributed by atoms with Gasteiger partial charge in [0, 0.05) is 37.2 Å². The molecule has 1 atom stereocenters. The summed E-state index contributed by atoms with van der Waals surface area (Å²) in [5, 5.41) is 3.97. The van der Waals surface area contributed by atoms with E-state index in [4.69, 9.17) is 0 Å². The lowest BCUT2D eigenvalue weighted by atomic mass is 10.1. The van der Waals surface area contributed by atoms with Gasteiger partial charge in [-0.05, 0) is 25.5 Å². The number of hydrogen-bond acceptors (Lipinski definition) is 4. The summed E-state index contributed by atoms with van der Waals surface area (Å²) in [4.78, 5) is 33.1. The third-order valence-electron chi connectivity index (χ3n) is 4.69. The molecule has 0 saturated carbocycles. The van der Waals surface area contributed by atoms with E-state index in [0.29, 0.717) is 29.5 Å². The van der Waals surface area contributed by atoms with Crippen LogP contribution >= 0.6 is 11.8 Å². The fraction of sp³-hybridized carbons (Fsp3) is 0.526. The number of nitrogens with one attached hydrogen (secondary N) is 1. The van der Waals surface area contributed by atoms with Crippen LogP contribution in [-0.2, 0) is 0 Å². The van der Waals surface area contributed by atoms with Crippen molar-refractivity contribution in [1.82, 2.24) is 15.1 Å². The van der Waals surface area contributed by atoms with Crippen LogP contribution in [0.1, 0.15) is 41.0 Å². The zero-order valence-electron chi connectivity index (χ0n) is 15.4. The van der Waals surface area contributed by atoms with E-state index < -0.39 is 0 Å². The molecule has 0 aliphatic carbocycles. The summed E-state index contributed by atoms with van der Waals surface area (Å²) in [6, 6.07) is 6.99. The number of hydrogen-bond donors (Lipinski definition) is 1. The average Bonchev–Trinajstić information content (AvgIpc) is 2.92. The van der Waals surface area contributed by atoms with Crippen LogP contribution in [0.5, 0.6) is 0 Å². The highest BCUT2D eigenvalue weighted by Crippen LogP contribution is 2.22. The topological polar surface area (TPSA) is 65.0 Å². The van der Waals surface area contributed by atoms with Gasteiger partial charge in [0.15, 0.2) is 5.96 Å². The van der Waals surface area contributed by atoms with Crippen molar-refractivity contribution >= 4 is 29.5 Å². The van der Waals surface area contributed by atoms with Gasteiger partial charge in [-0.15, -0.1) is 0 Å². The Morgan fingerprint density at radius 3 is 2.54 bits per heavy atom. The second-order valence-electron chi connectivity index (χ2n) is 6.39. The smallest absolute Gasteiger partial charge is 0.261 e. The van der Waals surface area contributed by atoms with Gasteiger partial charge in [-0.1, -0.05) is 19.1 Å². The van der Waals surface area contributed by atoms with Crippen molar-refractivity contribution < 1.29 is 9.59 Å². The van der Waals surface area contributed by atoms with Gasteiger partial charge in [-0.3, -0.25) is 19.5 Å². The van der Waals surface area contributed by atoms with Gasteiger partial charge in [0.1, 0.15) is 0 Å². The predicted octanol–water partition coefficient (Wildman–Crippen LogP) is 2.08. The van der Waals surface area contributed by atoms with E-state index in [2.05, 4.69) is 29.1 Å². The average molecular weight is 375 g/mol. The van der Waals surface area contributed by atoms with Crippen LogP contribution in [0.25, 0.3) is 0 Å². The van der Waals surface area contributed by atoms with Crippen molar-refractivity contribution in [3.05, 3.63) is 35.4 Å². The number of amides is 2. The maximum Gasteiger partial charge on any atom is 0.261 e. The van der Waals surface area contributed by atoms with Gasteiger partial charge in [0.2, 0.25) is 0 Å². The molecule has 1 unspecified atom stereocenters. The molecule has 7 heteroatoms. The molecule has 1 aromatic rings. The van der Waals surface area contributed by atoms with Crippen LogP contribution in [0, 0.1) is 0 Å². The lowest BCUT2D eigenvalue weighted by Crippen LogP contribution is -2.48. The van der Waals surface area contributed by atoms with E-state index in [1.54, 1.807) is 24.3 Å². The zero-order valence-corrected chi connectivity index (χ0v) is 16.2. The molecule has 0 radical (unpaired) electrons. The molecular weight excluding hydrogens is 348 g/mol. The molecule has 2 aliphatic heterocycles. The van der Waals surface area contributed by atoms with Crippen LogP contribution < -0.4 is 5.32 Å². The summed E-state index contributed by atoms with van der Waals surface area (Å²) in [6.07, 6.45) is 1.15. The summed E-state index contributed by atoms with van der Waals surface area (Å²) < 4.78 is 0. The maximum absolute atomic E-state index is 12.4. The van der Waals surface area contributed by atoms with Gasteiger partial charge >= 0.3 is 0 Å². The van der Waals surface area contributed by atoms with Crippen molar-refractivity contribution in [2.75, 3.05) is 38.5 Å². The summed E-state index contributed by atoms with van der Waals surface area (Å²) in [5.41, 5.74) is 0.986. The normalized spacial score (nSPS) is 20.5.